The van der Waals surface area contributed by atoms with Crippen molar-refractivity contribution in [3.05, 3.63) is 71.3 Å². The number of ether oxygens (including phenoxy) is 1. The van der Waals surface area contributed by atoms with Gasteiger partial charge in [0, 0.05) is 18.5 Å². The zero-order valence-corrected chi connectivity index (χ0v) is 14.9. The van der Waals surface area contributed by atoms with Crippen molar-refractivity contribution >= 4 is 24.3 Å². The molecule has 1 atom stereocenters. The smallest absolute Gasteiger partial charge is 0.305 e. The quantitative estimate of drug-likeness (QED) is 0.742. The Labute approximate surface area is 154 Å². The number of hydrogen-bond donors (Lipinski definition) is 2. The number of hydrogen-bond acceptors (Lipinski definition) is 4. The van der Waals surface area contributed by atoms with Gasteiger partial charge in [-0.2, -0.15) is 0 Å². The van der Waals surface area contributed by atoms with Crippen LogP contribution in [0.25, 0.3) is 0 Å². The number of methoxy groups -OCH3 is 1. The third-order valence-corrected chi connectivity index (χ3v) is 3.82. The predicted octanol–water partition coefficient (Wildman–Crippen LogP) is 2.99. The molecule has 0 aliphatic carbocycles. The van der Waals surface area contributed by atoms with Crippen LogP contribution in [0.4, 0.5) is 0 Å². The van der Waals surface area contributed by atoms with Crippen molar-refractivity contribution < 1.29 is 14.3 Å². The molecule has 2 rings (SSSR count). The topological polar surface area (TPSA) is 81.4 Å². The summed E-state index contributed by atoms with van der Waals surface area (Å²) >= 11 is 0. The van der Waals surface area contributed by atoms with Crippen molar-refractivity contribution in [3.63, 3.8) is 0 Å². The van der Waals surface area contributed by atoms with Crippen LogP contribution in [-0.2, 0) is 16.1 Å². The summed E-state index contributed by atoms with van der Waals surface area (Å²) < 4.78 is 4.69. The largest absolute Gasteiger partial charge is 0.469 e. The normalized spacial score (nSPS) is 11.1. The van der Waals surface area contributed by atoms with Gasteiger partial charge in [-0.1, -0.05) is 42.5 Å². The van der Waals surface area contributed by atoms with E-state index < -0.39 is 0 Å². The van der Waals surface area contributed by atoms with Crippen LogP contribution < -0.4 is 11.1 Å². The van der Waals surface area contributed by atoms with Crippen molar-refractivity contribution in [2.45, 2.75) is 25.4 Å². The molecular formula is C19H23ClN2O3. The van der Waals surface area contributed by atoms with E-state index in [0.29, 0.717) is 18.5 Å². The first-order chi connectivity index (χ1) is 11.6. The molecule has 0 radical (unpaired) electrons. The highest BCUT2D eigenvalue weighted by Crippen LogP contribution is 2.19. The molecule has 0 saturated carbocycles. The highest BCUT2D eigenvalue weighted by Gasteiger charge is 2.17. The standard InChI is InChI=1S/C19H22N2O3.ClH/c1-24-18(22)12-11-17(15-5-3-2-4-6-15)21-19(23)16-9-7-14(13-20)8-10-16;/h2-10,17H,11-13,20H2,1H3,(H,21,23);1H. The number of halogens is 1. The summed E-state index contributed by atoms with van der Waals surface area (Å²) in [6.45, 7) is 0.438. The zero-order chi connectivity index (χ0) is 17.4. The van der Waals surface area contributed by atoms with Gasteiger partial charge in [-0.05, 0) is 29.7 Å². The SMILES string of the molecule is COC(=O)CCC(NC(=O)c1ccc(CN)cc1)c1ccccc1.Cl. The van der Waals surface area contributed by atoms with Gasteiger partial charge in [0.2, 0.25) is 0 Å². The lowest BCUT2D eigenvalue weighted by Gasteiger charge is -2.19. The van der Waals surface area contributed by atoms with Gasteiger partial charge in [0.25, 0.3) is 5.91 Å². The number of nitrogens with one attached hydrogen (secondary N) is 1. The maximum Gasteiger partial charge on any atom is 0.305 e. The second-order valence-corrected chi connectivity index (χ2v) is 5.45. The predicted molar refractivity (Wildman–Crippen MR) is 99.5 cm³/mol. The lowest BCUT2D eigenvalue weighted by molar-refractivity contribution is -0.140. The number of carbonyl (C=O) groups excluding carboxylic acids is 2. The number of esters is 1. The fourth-order valence-electron chi connectivity index (χ4n) is 2.41. The van der Waals surface area contributed by atoms with Crippen molar-refractivity contribution in [3.8, 4) is 0 Å². The zero-order valence-electron chi connectivity index (χ0n) is 14.1. The molecule has 134 valence electrons. The van der Waals surface area contributed by atoms with E-state index in [1.807, 2.05) is 42.5 Å². The van der Waals surface area contributed by atoms with Gasteiger partial charge in [-0.15, -0.1) is 12.4 Å². The van der Waals surface area contributed by atoms with E-state index in [9.17, 15) is 9.59 Å². The molecule has 0 aliphatic rings. The molecule has 6 heteroatoms. The van der Waals surface area contributed by atoms with Crippen molar-refractivity contribution in [1.29, 1.82) is 0 Å². The molecule has 0 aliphatic heterocycles. The summed E-state index contributed by atoms with van der Waals surface area (Å²) in [5, 5.41) is 2.99. The van der Waals surface area contributed by atoms with Gasteiger partial charge in [0.15, 0.2) is 0 Å². The van der Waals surface area contributed by atoms with E-state index >= 15 is 0 Å². The Morgan fingerprint density at radius 3 is 2.28 bits per heavy atom. The molecule has 3 N–H and O–H groups in total. The van der Waals surface area contributed by atoms with Gasteiger partial charge in [-0.3, -0.25) is 9.59 Å². The Kier molecular flexibility index (Phi) is 8.67. The summed E-state index contributed by atoms with van der Waals surface area (Å²) in [5.41, 5.74) is 8.05. The Hall–Kier alpha value is -2.37. The molecule has 2 aromatic carbocycles. The van der Waals surface area contributed by atoms with E-state index in [-0.39, 0.29) is 36.7 Å². The lowest BCUT2D eigenvalue weighted by atomic mass is 10.0. The number of nitrogens with two attached hydrogens (primary N) is 1. The van der Waals surface area contributed by atoms with Crippen LogP contribution in [0.3, 0.4) is 0 Å². The van der Waals surface area contributed by atoms with Crippen LogP contribution in [-0.4, -0.2) is 19.0 Å². The van der Waals surface area contributed by atoms with Gasteiger partial charge in [0.1, 0.15) is 0 Å². The van der Waals surface area contributed by atoms with E-state index in [1.54, 1.807) is 12.1 Å². The first kappa shape index (κ1) is 20.7. The van der Waals surface area contributed by atoms with Crippen LogP contribution in [0.2, 0.25) is 0 Å². The van der Waals surface area contributed by atoms with E-state index in [1.165, 1.54) is 7.11 Å². The number of amides is 1. The summed E-state index contributed by atoms with van der Waals surface area (Å²) in [5.74, 6) is -0.477. The van der Waals surface area contributed by atoms with Crippen LogP contribution in [0.1, 0.15) is 40.4 Å². The van der Waals surface area contributed by atoms with Crippen LogP contribution in [0, 0.1) is 0 Å². The van der Waals surface area contributed by atoms with Crippen molar-refractivity contribution in [2.24, 2.45) is 5.73 Å². The fourth-order valence-corrected chi connectivity index (χ4v) is 2.41. The molecule has 0 saturated heterocycles. The molecule has 0 heterocycles. The first-order valence-corrected chi connectivity index (χ1v) is 7.85. The third kappa shape index (κ3) is 6.21. The highest BCUT2D eigenvalue weighted by molar-refractivity contribution is 5.94. The molecular weight excluding hydrogens is 340 g/mol. The molecule has 0 spiro atoms. The first-order valence-electron chi connectivity index (χ1n) is 7.85. The van der Waals surface area contributed by atoms with Crippen LogP contribution in [0.15, 0.2) is 54.6 Å². The average Bonchev–Trinajstić information content (AvgIpc) is 2.65. The Morgan fingerprint density at radius 2 is 1.72 bits per heavy atom. The average molecular weight is 363 g/mol. The second kappa shape index (κ2) is 10.5. The maximum absolute atomic E-state index is 12.5. The summed E-state index contributed by atoms with van der Waals surface area (Å²) in [6, 6.07) is 16.5. The van der Waals surface area contributed by atoms with Crippen molar-refractivity contribution in [1.82, 2.24) is 5.32 Å². The highest BCUT2D eigenvalue weighted by atomic mass is 35.5. The van der Waals surface area contributed by atoms with Gasteiger partial charge >= 0.3 is 5.97 Å². The summed E-state index contributed by atoms with van der Waals surface area (Å²) in [6.07, 6.45) is 0.714. The monoisotopic (exact) mass is 362 g/mol. The van der Waals surface area contributed by atoms with Crippen LogP contribution >= 0.6 is 12.4 Å². The molecule has 0 bridgehead atoms. The fraction of sp³-hybridized carbons (Fsp3) is 0.263. The van der Waals surface area contributed by atoms with Crippen molar-refractivity contribution in [2.75, 3.05) is 7.11 Å². The van der Waals surface area contributed by atoms with E-state index in [2.05, 4.69) is 10.1 Å². The number of rotatable bonds is 7. The number of benzene rings is 2. The minimum absolute atomic E-state index is 0. The third-order valence-electron chi connectivity index (χ3n) is 3.82. The Bertz CT molecular complexity index is 675. The van der Waals surface area contributed by atoms with E-state index in [4.69, 9.17) is 5.73 Å². The van der Waals surface area contributed by atoms with Crippen LogP contribution in [0.5, 0.6) is 0 Å². The maximum atomic E-state index is 12.5. The molecule has 1 unspecified atom stereocenters. The second-order valence-electron chi connectivity index (χ2n) is 5.45. The molecule has 0 fully saturated rings. The summed E-state index contributed by atoms with van der Waals surface area (Å²) in [4.78, 5) is 23.9. The molecule has 25 heavy (non-hydrogen) atoms. The molecule has 2 aromatic rings. The van der Waals surface area contributed by atoms with Gasteiger partial charge < -0.3 is 15.8 Å². The Morgan fingerprint density at radius 1 is 1.08 bits per heavy atom. The molecule has 5 nitrogen and oxygen atoms in total. The lowest BCUT2D eigenvalue weighted by Crippen LogP contribution is -2.29. The minimum Gasteiger partial charge on any atom is -0.469 e. The Balaban J connectivity index is 0.00000312. The number of carbonyl (C=O) groups is 2. The minimum atomic E-state index is -0.294. The van der Waals surface area contributed by atoms with E-state index in [0.717, 1.165) is 11.1 Å². The summed E-state index contributed by atoms with van der Waals surface area (Å²) in [7, 11) is 1.36. The van der Waals surface area contributed by atoms with Gasteiger partial charge in [0.05, 0.1) is 13.2 Å². The van der Waals surface area contributed by atoms with Gasteiger partial charge in [-0.25, -0.2) is 0 Å². The molecule has 1 amide bonds. The molecule has 0 aromatic heterocycles.